The first-order valence-electron chi connectivity index (χ1n) is 9.65. The number of anilines is 1. The number of hydrogen-bond donors (Lipinski definition) is 1. The highest BCUT2D eigenvalue weighted by atomic mass is 16.7. The lowest BCUT2D eigenvalue weighted by molar-refractivity contribution is -0.123. The second-order valence-corrected chi connectivity index (χ2v) is 7.87. The average molecular weight is 405 g/mol. The lowest BCUT2D eigenvalue weighted by Crippen LogP contribution is -2.47. The number of benzene rings is 2. The van der Waals surface area contributed by atoms with Gasteiger partial charge in [0.2, 0.25) is 6.79 Å². The van der Waals surface area contributed by atoms with Crippen molar-refractivity contribution in [3.05, 3.63) is 70.0 Å². The summed E-state index contributed by atoms with van der Waals surface area (Å²) < 4.78 is 12.0. The molecular weight excluding hydrogens is 382 g/mol. The van der Waals surface area contributed by atoms with E-state index in [4.69, 9.17) is 9.47 Å². The third kappa shape index (κ3) is 3.54. The fraction of sp³-hybridized carbons (Fsp3) is 0.261. The Bertz CT molecular complexity index is 1200. The van der Waals surface area contributed by atoms with Gasteiger partial charge in [0.25, 0.3) is 11.5 Å². The van der Waals surface area contributed by atoms with E-state index >= 15 is 0 Å². The molecule has 0 unspecified atom stereocenters. The lowest BCUT2D eigenvalue weighted by Gasteiger charge is -2.26. The number of carbonyl (C=O) groups is 1. The van der Waals surface area contributed by atoms with E-state index in [0.717, 1.165) is 16.7 Å². The van der Waals surface area contributed by atoms with Gasteiger partial charge in [-0.3, -0.25) is 9.59 Å². The van der Waals surface area contributed by atoms with Crippen LogP contribution < -0.4 is 20.3 Å². The molecule has 0 saturated carbocycles. The van der Waals surface area contributed by atoms with Gasteiger partial charge in [-0.05, 0) is 63.6 Å². The molecular formula is C23H23N3O4. The molecule has 0 bridgehead atoms. The molecule has 2 heterocycles. The molecule has 1 aromatic heterocycles. The zero-order valence-corrected chi connectivity index (χ0v) is 17.4. The Kier molecular flexibility index (Phi) is 4.81. The van der Waals surface area contributed by atoms with Crippen LogP contribution >= 0.6 is 0 Å². The second-order valence-electron chi connectivity index (χ2n) is 7.87. The molecule has 1 N–H and O–H groups in total. The summed E-state index contributed by atoms with van der Waals surface area (Å²) in [6.07, 6.45) is 0. The zero-order chi connectivity index (χ0) is 21.5. The molecule has 4 rings (SSSR count). The minimum atomic E-state index is -1.21. The third-order valence-corrected chi connectivity index (χ3v) is 5.18. The molecule has 30 heavy (non-hydrogen) atoms. The second kappa shape index (κ2) is 7.33. The number of ether oxygens (including phenoxy) is 2. The highest BCUT2D eigenvalue weighted by Crippen LogP contribution is 2.35. The third-order valence-electron chi connectivity index (χ3n) is 5.18. The van der Waals surface area contributed by atoms with Crippen LogP contribution in [0, 0.1) is 13.8 Å². The van der Waals surface area contributed by atoms with Crippen LogP contribution in [0.5, 0.6) is 11.5 Å². The van der Waals surface area contributed by atoms with E-state index in [0.29, 0.717) is 22.9 Å². The van der Waals surface area contributed by atoms with Gasteiger partial charge in [0.05, 0.1) is 5.69 Å². The molecule has 7 heteroatoms. The Morgan fingerprint density at radius 3 is 2.57 bits per heavy atom. The summed E-state index contributed by atoms with van der Waals surface area (Å²) in [4.78, 5) is 25.7. The minimum Gasteiger partial charge on any atom is -0.454 e. The fourth-order valence-corrected chi connectivity index (χ4v) is 3.35. The van der Waals surface area contributed by atoms with Crippen LogP contribution in [0.4, 0.5) is 5.69 Å². The van der Waals surface area contributed by atoms with Crippen molar-refractivity contribution in [2.45, 2.75) is 33.2 Å². The van der Waals surface area contributed by atoms with Crippen molar-refractivity contribution in [2.75, 3.05) is 12.1 Å². The topological polar surface area (TPSA) is 82.5 Å². The van der Waals surface area contributed by atoms with E-state index in [-0.39, 0.29) is 18.3 Å². The number of aromatic nitrogens is 2. The standard InChI is InChI=1S/C23H23N3O4/c1-14-5-7-17(15(2)11-14)24-22(28)23(3,4)26-21(27)10-8-18(25-26)16-6-9-19-20(12-16)30-13-29-19/h5-12H,13H2,1-4H3,(H,24,28). The molecule has 0 aliphatic carbocycles. The van der Waals surface area contributed by atoms with Crippen LogP contribution in [-0.2, 0) is 10.3 Å². The van der Waals surface area contributed by atoms with Gasteiger partial charge < -0.3 is 14.8 Å². The number of fused-ring (bicyclic) bond motifs is 1. The maximum atomic E-state index is 13.1. The van der Waals surface area contributed by atoms with Crippen LogP contribution in [0.15, 0.2) is 53.3 Å². The Balaban J connectivity index is 1.67. The molecule has 0 radical (unpaired) electrons. The fourth-order valence-electron chi connectivity index (χ4n) is 3.35. The Labute approximate surface area is 174 Å². The molecule has 0 fully saturated rings. The molecule has 3 aromatic rings. The van der Waals surface area contributed by atoms with Crippen molar-refractivity contribution in [1.82, 2.24) is 9.78 Å². The molecule has 0 atom stereocenters. The number of rotatable bonds is 4. The summed E-state index contributed by atoms with van der Waals surface area (Å²) in [6.45, 7) is 7.44. The first kappa shape index (κ1) is 19.7. The largest absolute Gasteiger partial charge is 0.454 e. The molecule has 1 aliphatic heterocycles. The van der Waals surface area contributed by atoms with Crippen molar-refractivity contribution in [1.29, 1.82) is 0 Å². The van der Waals surface area contributed by atoms with Crippen molar-refractivity contribution >= 4 is 11.6 Å². The Morgan fingerprint density at radius 2 is 1.80 bits per heavy atom. The average Bonchev–Trinajstić information content (AvgIpc) is 3.18. The van der Waals surface area contributed by atoms with Crippen LogP contribution in [0.2, 0.25) is 0 Å². The van der Waals surface area contributed by atoms with E-state index in [2.05, 4.69) is 10.4 Å². The summed E-state index contributed by atoms with van der Waals surface area (Å²) in [5.74, 6) is 0.964. The molecule has 154 valence electrons. The van der Waals surface area contributed by atoms with Crippen molar-refractivity contribution in [3.8, 4) is 22.8 Å². The SMILES string of the molecule is Cc1ccc(NC(=O)C(C)(C)n2nc(-c3ccc4c(c3)OCO4)ccc2=O)c(C)c1. The van der Waals surface area contributed by atoms with E-state index in [1.54, 1.807) is 26.0 Å². The first-order valence-corrected chi connectivity index (χ1v) is 9.65. The van der Waals surface area contributed by atoms with Crippen LogP contribution in [0.1, 0.15) is 25.0 Å². The van der Waals surface area contributed by atoms with Gasteiger partial charge >= 0.3 is 0 Å². The molecule has 7 nitrogen and oxygen atoms in total. The Hall–Kier alpha value is -3.61. The molecule has 0 saturated heterocycles. The smallest absolute Gasteiger partial charge is 0.267 e. The number of amides is 1. The quantitative estimate of drug-likeness (QED) is 0.717. The van der Waals surface area contributed by atoms with Crippen LogP contribution in [0.3, 0.4) is 0 Å². The summed E-state index contributed by atoms with van der Waals surface area (Å²) >= 11 is 0. The minimum absolute atomic E-state index is 0.178. The van der Waals surface area contributed by atoms with Gasteiger partial charge in [0.15, 0.2) is 11.5 Å². The van der Waals surface area contributed by atoms with Crippen LogP contribution in [0.25, 0.3) is 11.3 Å². The molecule has 1 aliphatic rings. The summed E-state index contributed by atoms with van der Waals surface area (Å²) in [5.41, 5.74) is 2.52. The number of nitrogens with zero attached hydrogens (tertiary/aromatic N) is 2. The van der Waals surface area contributed by atoms with Crippen LogP contribution in [-0.4, -0.2) is 22.5 Å². The summed E-state index contributed by atoms with van der Waals surface area (Å²) in [7, 11) is 0. The summed E-state index contributed by atoms with van der Waals surface area (Å²) in [6, 6.07) is 14.3. The maximum absolute atomic E-state index is 13.1. The van der Waals surface area contributed by atoms with Gasteiger partial charge in [-0.1, -0.05) is 17.7 Å². The predicted octanol–water partition coefficient (Wildman–Crippen LogP) is 3.63. The normalized spacial score (nSPS) is 12.7. The number of carbonyl (C=O) groups excluding carboxylic acids is 1. The van der Waals surface area contributed by atoms with Crippen molar-refractivity contribution in [3.63, 3.8) is 0 Å². The Morgan fingerprint density at radius 1 is 1.03 bits per heavy atom. The molecule has 1 amide bonds. The lowest BCUT2D eigenvalue weighted by atomic mass is 10.0. The highest BCUT2D eigenvalue weighted by Gasteiger charge is 2.32. The first-order chi connectivity index (χ1) is 14.3. The van der Waals surface area contributed by atoms with E-state index < -0.39 is 5.54 Å². The number of aryl methyl sites for hydroxylation is 2. The monoisotopic (exact) mass is 405 g/mol. The number of nitrogens with one attached hydrogen (secondary N) is 1. The van der Waals surface area contributed by atoms with Gasteiger partial charge in [0.1, 0.15) is 5.54 Å². The molecule has 0 spiro atoms. The highest BCUT2D eigenvalue weighted by molar-refractivity contribution is 5.96. The van der Waals surface area contributed by atoms with Crippen molar-refractivity contribution < 1.29 is 14.3 Å². The zero-order valence-electron chi connectivity index (χ0n) is 17.4. The van der Waals surface area contributed by atoms with Gasteiger partial charge in [-0.25, -0.2) is 4.68 Å². The van der Waals surface area contributed by atoms with Crippen molar-refractivity contribution in [2.24, 2.45) is 0 Å². The van der Waals surface area contributed by atoms with E-state index in [9.17, 15) is 9.59 Å². The van der Waals surface area contributed by atoms with Gasteiger partial charge in [-0.15, -0.1) is 0 Å². The van der Waals surface area contributed by atoms with E-state index in [1.165, 1.54) is 10.7 Å². The summed E-state index contributed by atoms with van der Waals surface area (Å²) in [5, 5.41) is 7.41. The maximum Gasteiger partial charge on any atom is 0.267 e. The molecule has 2 aromatic carbocycles. The predicted molar refractivity (Wildman–Crippen MR) is 114 cm³/mol. The van der Waals surface area contributed by atoms with E-state index in [1.807, 2.05) is 44.2 Å². The van der Waals surface area contributed by atoms with Gasteiger partial charge in [-0.2, -0.15) is 5.10 Å². The number of hydrogen-bond acceptors (Lipinski definition) is 5. The van der Waals surface area contributed by atoms with Gasteiger partial charge in [0, 0.05) is 17.3 Å².